The third kappa shape index (κ3) is 5.31. The minimum absolute atomic E-state index is 0.0113. The Morgan fingerprint density at radius 2 is 1.90 bits per heavy atom. The summed E-state index contributed by atoms with van der Waals surface area (Å²) in [6.45, 7) is 4.51. The molecule has 2 N–H and O–H groups in total. The molecule has 1 saturated heterocycles. The minimum Gasteiger partial charge on any atom is -0.389 e. The van der Waals surface area contributed by atoms with Gasteiger partial charge in [-0.3, -0.25) is 14.5 Å². The van der Waals surface area contributed by atoms with Crippen molar-refractivity contribution in [2.75, 3.05) is 26.2 Å². The largest absolute Gasteiger partial charge is 0.389 e. The van der Waals surface area contributed by atoms with Crippen molar-refractivity contribution in [3.63, 3.8) is 0 Å². The number of nitrogens with one attached hydrogen (secondary N) is 1. The number of aliphatic hydroxyl groups excluding tert-OH is 1. The van der Waals surface area contributed by atoms with E-state index in [1.165, 1.54) is 16.9 Å². The number of benzene rings is 1. The van der Waals surface area contributed by atoms with Gasteiger partial charge in [0.2, 0.25) is 5.91 Å². The van der Waals surface area contributed by atoms with Crippen molar-refractivity contribution in [1.82, 2.24) is 20.1 Å². The highest BCUT2D eigenvalue weighted by Gasteiger charge is 2.37. The van der Waals surface area contributed by atoms with Gasteiger partial charge in [0.25, 0.3) is 5.91 Å². The molecule has 4 rings (SSSR count). The minimum atomic E-state index is -0.621. The van der Waals surface area contributed by atoms with Crippen molar-refractivity contribution < 1.29 is 14.7 Å². The van der Waals surface area contributed by atoms with Gasteiger partial charge in [0.15, 0.2) is 0 Å². The molecular formula is C23H30N4O3S. The average Bonchev–Trinajstić information content (AvgIpc) is 3.24. The maximum atomic E-state index is 12.8. The lowest BCUT2D eigenvalue weighted by Gasteiger charge is -2.44. The summed E-state index contributed by atoms with van der Waals surface area (Å²) in [5, 5.41) is 16.7. The quantitative estimate of drug-likeness (QED) is 0.739. The number of hydrogen-bond acceptors (Lipinski definition) is 6. The van der Waals surface area contributed by atoms with Crippen LogP contribution in [0.5, 0.6) is 0 Å². The molecule has 7 nitrogen and oxygen atoms in total. The third-order valence-corrected chi connectivity index (χ3v) is 7.20. The zero-order valence-electron chi connectivity index (χ0n) is 17.9. The highest BCUT2D eigenvalue weighted by Crippen LogP contribution is 2.25. The van der Waals surface area contributed by atoms with E-state index in [0.29, 0.717) is 25.2 Å². The molecule has 0 unspecified atom stereocenters. The van der Waals surface area contributed by atoms with E-state index in [4.69, 9.17) is 0 Å². The van der Waals surface area contributed by atoms with Crippen LogP contribution in [-0.4, -0.2) is 76.1 Å². The fourth-order valence-corrected chi connectivity index (χ4v) is 5.40. The lowest BCUT2D eigenvalue weighted by molar-refractivity contribution is -0.131. The number of aliphatic hydroxyl groups is 1. The number of piperazine rings is 1. The SMILES string of the molecule is CC(=O)N1CCN([C@@H]2CCC[C@@H](NC(=O)c3csc(Cc4ccccc4)n3)[C@H]2O)CC1. The van der Waals surface area contributed by atoms with Crippen molar-refractivity contribution >= 4 is 23.2 Å². The van der Waals surface area contributed by atoms with Gasteiger partial charge in [-0.2, -0.15) is 0 Å². The average molecular weight is 443 g/mol. The zero-order valence-corrected chi connectivity index (χ0v) is 18.7. The van der Waals surface area contributed by atoms with Crippen LogP contribution in [0.4, 0.5) is 0 Å². The molecule has 8 heteroatoms. The monoisotopic (exact) mass is 442 g/mol. The maximum Gasteiger partial charge on any atom is 0.271 e. The number of nitrogens with zero attached hydrogens (tertiary/aromatic N) is 3. The van der Waals surface area contributed by atoms with Crippen molar-refractivity contribution in [1.29, 1.82) is 0 Å². The highest BCUT2D eigenvalue weighted by molar-refractivity contribution is 7.09. The Morgan fingerprint density at radius 3 is 2.61 bits per heavy atom. The third-order valence-electron chi connectivity index (χ3n) is 6.35. The van der Waals surface area contributed by atoms with Crippen LogP contribution < -0.4 is 5.32 Å². The molecule has 2 amide bonds. The van der Waals surface area contributed by atoms with Crippen LogP contribution in [0.2, 0.25) is 0 Å². The molecule has 1 aromatic carbocycles. The lowest BCUT2D eigenvalue weighted by atomic mass is 9.86. The van der Waals surface area contributed by atoms with Gasteiger partial charge in [-0.25, -0.2) is 4.98 Å². The summed E-state index contributed by atoms with van der Waals surface area (Å²) in [5.74, 6) is -0.120. The second-order valence-electron chi connectivity index (χ2n) is 8.40. The van der Waals surface area contributed by atoms with E-state index < -0.39 is 6.10 Å². The number of carbonyl (C=O) groups is 2. The van der Waals surface area contributed by atoms with E-state index in [1.54, 1.807) is 12.3 Å². The van der Waals surface area contributed by atoms with Gasteiger partial charge in [0.1, 0.15) is 5.69 Å². The zero-order chi connectivity index (χ0) is 21.8. The van der Waals surface area contributed by atoms with E-state index in [9.17, 15) is 14.7 Å². The summed E-state index contributed by atoms with van der Waals surface area (Å²) in [6.07, 6.45) is 2.71. The Hall–Kier alpha value is -2.29. The molecule has 2 heterocycles. The van der Waals surface area contributed by atoms with Gasteiger partial charge in [-0.05, 0) is 24.8 Å². The van der Waals surface area contributed by atoms with Crippen LogP contribution in [-0.2, 0) is 11.2 Å². The summed E-state index contributed by atoms with van der Waals surface area (Å²) < 4.78 is 0. The molecule has 0 spiro atoms. The molecule has 31 heavy (non-hydrogen) atoms. The Bertz CT molecular complexity index is 895. The fraction of sp³-hybridized carbons (Fsp3) is 0.522. The number of aromatic nitrogens is 1. The molecule has 166 valence electrons. The molecule has 1 saturated carbocycles. The van der Waals surface area contributed by atoms with Crippen LogP contribution >= 0.6 is 11.3 Å². The lowest BCUT2D eigenvalue weighted by Crippen LogP contribution is -2.60. The molecule has 1 aliphatic heterocycles. The predicted octanol–water partition coefficient (Wildman–Crippen LogP) is 1.91. The standard InChI is InChI=1S/C23H30N4O3S/c1-16(28)26-10-12-27(13-11-26)20-9-5-8-18(22(20)29)25-23(30)19-15-31-21(24-19)14-17-6-3-2-4-7-17/h2-4,6-7,15,18,20,22,29H,5,8-14H2,1H3,(H,25,30)/t18-,20-,22-/m1/s1. The highest BCUT2D eigenvalue weighted by atomic mass is 32.1. The van der Waals surface area contributed by atoms with E-state index >= 15 is 0 Å². The number of hydrogen-bond donors (Lipinski definition) is 2. The Labute approximate surface area is 187 Å². The predicted molar refractivity (Wildman–Crippen MR) is 120 cm³/mol. The van der Waals surface area contributed by atoms with Crippen molar-refractivity contribution in [3.8, 4) is 0 Å². The van der Waals surface area contributed by atoms with E-state index in [-0.39, 0.29) is 23.9 Å². The first kappa shape index (κ1) is 21.9. The number of rotatable bonds is 5. The molecule has 0 radical (unpaired) electrons. The van der Waals surface area contributed by atoms with Crippen molar-refractivity contribution in [3.05, 3.63) is 52.0 Å². The van der Waals surface area contributed by atoms with Crippen LogP contribution in [0.3, 0.4) is 0 Å². The van der Waals surface area contributed by atoms with Crippen LogP contribution in [0, 0.1) is 0 Å². The summed E-state index contributed by atoms with van der Waals surface area (Å²) in [7, 11) is 0. The first-order valence-corrected chi connectivity index (χ1v) is 11.9. The smallest absolute Gasteiger partial charge is 0.271 e. The fourth-order valence-electron chi connectivity index (χ4n) is 4.59. The van der Waals surface area contributed by atoms with E-state index in [2.05, 4.69) is 27.3 Å². The Balaban J connectivity index is 1.33. The Kier molecular flexibility index (Phi) is 6.99. The van der Waals surface area contributed by atoms with E-state index in [0.717, 1.165) is 37.4 Å². The van der Waals surface area contributed by atoms with Gasteiger partial charge in [-0.1, -0.05) is 30.3 Å². The van der Waals surface area contributed by atoms with Crippen LogP contribution in [0.1, 0.15) is 47.2 Å². The second kappa shape index (κ2) is 9.89. The van der Waals surface area contributed by atoms with Crippen molar-refractivity contribution in [2.24, 2.45) is 0 Å². The molecule has 3 atom stereocenters. The van der Waals surface area contributed by atoms with Gasteiger partial charge in [0.05, 0.1) is 17.2 Å². The molecule has 1 aliphatic carbocycles. The molecule has 2 aliphatic rings. The summed E-state index contributed by atoms with van der Waals surface area (Å²) in [4.78, 5) is 33.0. The summed E-state index contributed by atoms with van der Waals surface area (Å²) in [5.41, 5.74) is 1.58. The molecular weight excluding hydrogens is 412 g/mol. The number of thiazole rings is 1. The van der Waals surface area contributed by atoms with Gasteiger partial charge >= 0.3 is 0 Å². The second-order valence-corrected chi connectivity index (χ2v) is 9.34. The molecule has 2 aromatic rings. The number of amides is 2. The summed E-state index contributed by atoms with van der Waals surface area (Å²) >= 11 is 1.49. The maximum absolute atomic E-state index is 12.8. The van der Waals surface area contributed by atoms with Crippen LogP contribution in [0.15, 0.2) is 35.7 Å². The van der Waals surface area contributed by atoms with Gasteiger partial charge in [-0.15, -0.1) is 11.3 Å². The Morgan fingerprint density at radius 1 is 1.16 bits per heavy atom. The first-order valence-electron chi connectivity index (χ1n) is 11.0. The van der Waals surface area contributed by atoms with E-state index in [1.807, 2.05) is 23.1 Å². The van der Waals surface area contributed by atoms with Crippen molar-refractivity contribution in [2.45, 2.75) is 50.8 Å². The van der Waals surface area contributed by atoms with Crippen LogP contribution in [0.25, 0.3) is 0 Å². The normalized spacial score (nSPS) is 24.7. The first-order chi connectivity index (χ1) is 15.0. The molecule has 2 fully saturated rings. The van der Waals surface area contributed by atoms with Gasteiger partial charge in [0, 0.05) is 50.9 Å². The molecule has 1 aromatic heterocycles. The van der Waals surface area contributed by atoms with Gasteiger partial charge < -0.3 is 15.3 Å². The topological polar surface area (TPSA) is 85.8 Å². The number of carbonyl (C=O) groups excluding carboxylic acids is 2. The molecule has 0 bridgehead atoms. The summed E-state index contributed by atoms with van der Waals surface area (Å²) in [6, 6.07) is 9.81.